The van der Waals surface area contributed by atoms with Crippen LogP contribution in [-0.4, -0.2) is 13.1 Å². The molecule has 1 aliphatic carbocycles. The summed E-state index contributed by atoms with van der Waals surface area (Å²) in [5.74, 6) is 0.441. The molecular weight excluding hydrogens is 303 g/mol. The number of hydrogen-bond acceptors (Lipinski definition) is 2. The number of rotatable bonds is 2. The monoisotopic (exact) mass is 316 g/mol. The Morgan fingerprint density at radius 1 is 1.47 bits per heavy atom. The van der Waals surface area contributed by atoms with Crippen molar-refractivity contribution >= 4 is 28.6 Å². The standard InChI is InChI=1S/C12H13IO2/c1-7-10(8-3-4-8)5-9(13)6-11(7)12(14)15-2/h5-6,8H,3-4H2,1-2H3. The Morgan fingerprint density at radius 2 is 2.13 bits per heavy atom. The number of benzene rings is 1. The fraction of sp³-hybridized carbons (Fsp3) is 0.417. The van der Waals surface area contributed by atoms with Crippen LogP contribution in [0, 0.1) is 10.5 Å². The van der Waals surface area contributed by atoms with Gasteiger partial charge in [0.2, 0.25) is 0 Å². The van der Waals surface area contributed by atoms with Crippen LogP contribution < -0.4 is 0 Å². The van der Waals surface area contributed by atoms with E-state index in [0.29, 0.717) is 11.5 Å². The van der Waals surface area contributed by atoms with E-state index < -0.39 is 0 Å². The van der Waals surface area contributed by atoms with E-state index in [1.165, 1.54) is 25.5 Å². The molecule has 80 valence electrons. The Hall–Kier alpha value is -0.580. The van der Waals surface area contributed by atoms with Crippen LogP contribution in [0.3, 0.4) is 0 Å². The molecule has 0 unspecified atom stereocenters. The molecule has 1 saturated carbocycles. The van der Waals surface area contributed by atoms with Gasteiger partial charge in [0.1, 0.15) is 0 Å². The van der Waals surface area contributed by atoms with E-state index >= 15 is 0 Å². The summed E-state index contributed by atoms with van der Waals surface area (Å²) < 4.78 is 5.90. The summed E-state index contributed by atoms with van der Waals surface area (Å²) in [4.78, 5) is 11.6. The van der Waals surface area contributed by atoms with E-state index in [-0.39, 0.29) is 5.97 Å². The highest BCUT2D eigenvalue weighted by atomic mass is 127. The first-order valence-corrected chi connectivity index (χ1v) is 6.09. The first-order valence-electron chi connectivity index (χ1n) is 5.02. The molecule has 1 aliphatic rings. The highest BCUT2D eigenvalue weighted by Crippen LogP contribution is 2.42. The summed E-state index contributed by atoms with van der Waals surface area (Å²) >= 11 is 2.25. The second-order valence-electron chi connectivity index (χ2n) is 3.93. The predicted octanol–water partition coefficient (Wildman–Crippen LogP) is 3.26. The molecule has 0 bridgehead atoms. The normalized spacial score (nSPS) is 15.1. The number of methoxy groups -OCH3 is 1. The van der Waals surface area contributed by atoms with Crippen molar-refractivity contribution in [2.24, 2.45) is 0 Å². The van der Waals surface area contributed by atoms with Crippen LogP contribution in [0.4, 0.5) is 0 Å². The lowest BCUT2D eigenvalue weighted by atomic mass is 9.99. The largest absolute Gasteiger partial charge is 0.465 e. The molecule has 3 heteroatoms. The number of ether oxygens (including phenoxy) is 1. The Labute approximate surface area is 103 Å². The molecule has 2 nitrogen and oxygen atoms in total. The van der Waals surface area contributed by atoms with Crippen molar-refractivity contribution in [2.75, 3.05) is 7.11 Å². The number of halogens is 1. The van der Waals surface area contributed by atoms with Gasteiger partial charge in [0, 0.05) is 3.57 Å². The lowest BCUT2D eigenvalue weighted by Gasteiger charge is -2.10. The SMILES string of the molecule is COC(=O)c1cc(I)cc(C2CC2)c1C. The van der Waals surface area contributed by atoms with Gasteiger partial charge in [-0.15, -0.1) is 0 Å². The van der Waals surface area contributed by atoms with Gasteiger partial charge in [-0.25, -0.2) is 4.79 Å². The minimum absolute atomic E-state index is 0.229. The highest BCUT2D eigenvalue weighted by Gasteiger charge is 2.27. The van der Waals surface area contributed by atoms with E-state index in [9.17, 15) is 4.79 Å². The van der Waals surface area contributed by atoms with Gasteiger partial charge in [-0.2, -0.15) is 0 Å². The van der Waals surface area contributed by atoms with Crippen LogP contribution in [0.15, 0.2) is 12.1 Å². The van der Waals surface area contributed by atoms with E-state index in [1.807, 2.05) is 13.0 Å². The van der Waals surface area contributed by atoms with Crippen molar-refractivity contribution in [1.29, 1.82) is 0 Å². The Kier molecular flexibility index (Phi) is 3.00. The average Bonchev–Trinajstić information content (AvgIpc) is 3.03. The van der Waals surface area contributed by atoms with Gasteiger partial charge in [0.05, 0.1) is 12.7 Å². The molecule has 1 aromatic rings. The summed E-state index contributed by atoms with van der Waals surface area (Å²) in [5.41, 5.74) is 3.12. The van der Waals surface area contributed by atoms with Crippen molar-refractivity contribution in [2.45, 2.75) is 25.7 Å². The maximum Gasteiger partial charge on any atom is 0.338 e. The molecule has 0 aliphatic heterocycles. The fourth-order valence-corrected chi connectivity index (χ4v) is 2.49. The van der Waals surface area contributed by atoms with E-state index in [4.69, 9.17) is 4.74 Å². The van der Waals surface area contributed by atoms with Gasteiger partial charge in [0.25, 0.3) is 0 Å². The topological polar surface area (TPSA) is 26.3 Å². The lowest BCUT2D eigenvalue weighted by molar-refractivity contribution is 0.0599. The van der Waals surface area contributed by atoms with Crippen LogP contribution in [0.2, 0.25) is 0 Å². The van der Waals surface area contributed by atoms with Crippen molar-refractivity contribution < 1.29 is 9.53 Å². The molecule has 0 saturated heterocycles. The van der Waals surface area contributed by atoms with E-state index in [1.54, 1.807) is 0 Å². The minimum atomic E-state index is -0.229. The van der Waals surface area contributed by atoms with Crippen LogP contribution in [-0.2, 0) is 4.74 Å². The van der Waals surface area contributed by atoms with Crippen molar-refractivity contribution in [3.8, 4) is 0 Å². The first-order chi connectivity index (χ1) is 7.13. The third-order valence-corrected chi connectivity index (χ3v) is 3.46. The maximum absolute atomic E-state index is 11.6. The van der Waals surface area contributed by atoms with E-state index in [2.05, 4.69) is 28.7 Å². The van der Waals surface area contributed by atoms with Gasteiger partial charge in [-0.05, 0) is 71.5 Å². The molecule has 1 aromatic carbocycles. The lowest BCUT2D eigenvalue weighted by Crippen LogP contribution is -2.06. The van der Waals surface area contributed by atoms with Crippen LogP contribution in [0.1, 0.15) is 40.2 Å². The van der Waals surface area contributed by atoms with Crippen LogP contribution in [0.5, 0.6) is 0 Å². The maximum atomic E-state index is 11.6. The molecule has 0 radical (unpaired) electrons. The first kappa shape index (κ1) is 10.9. The van der Waals surface area contributed by atoms with Gasteiger partial charge < -0.3 is 4.74 Å². The molecule has 0 N–H and O–H groups in total. The summed E-state index contributed by atoms with van der Waals surface area (Å²) in [7, 11) is 1.43. The van der Waals surface area contributed by atoms with Crippen molar-refractivity contribution in [1.82, 2.24) is 0 Å². The van der Waals surface area contributed by atoms with Crippen LogP contribution >= 0.6 is 22.6 Å². The van der Waals surface area contributed by atoms with Gasteiger partial charge in [-0.3, -0.25) is 0 Å². The van der Waals surface area contributed by atoms with E-state index in [0.717, 1.165) is 9.13 Å². The Morgan fingerprint density at radius 3 is 2.67 bits per heavy atom. The molecular formula is C12H13IO2. The van der Waals surface area contributed by atoms with Gasteiger partial charge >= 0.3 is 5.97 Å². The quantitative estimate of drug-likeness (QED) is 0.618. The zero-order chi connectivity index (χ0) is 11.0. The smallest absolute Gasteiger partial charge is 0.338 e. The summed E-state index contributed by atoms with van der Waals surface area (Å²) in [6.45, 7) is 2.01. The zero-order valence-corrected chi connectivity index (χ0v) is 11.0. The minimum Gasteiger partial charge on any atom is -0.465 e. The number of hydrogen-bond donors (Lipinski definition) is 0. The zero-order valence-electron chi connectivity index (χ0n) is 8.84. The molecule has 0 spiro atoms. The van der Waals surface area contributed by atoms with Gasteiger partial charge in [0.15, 0.2) is 0 Å². The molecule has 2 rings (SSSR count). The molecule has 0 heterocycles. The predicted molar refractivity (Wildman–Crippen MR) is 67.2 cm³/mol. The Bertz CT molecular complexity index is 408. The van der Waals surface area contributed by atoms with Crippen molar-refractivity contribution in [3.05, 3.63) is 32.4 Å². The second-order valence-corrected chi connectivity index (χ2v) is 5.18. The summed E-state index contributed by atoms with van der Waals surface area (Å²) in [6, 6.07) is 4.08. The molecule has 1 fully saturated rings. The second kappa shape index (κ2) is 4.12. The summed E-state index contributed by atoms with van der Waals surface area (Å²) in [5, 5.41) is 0. The number of carbonyl (C=O) groups excluding carboxylic acids is 1. The summed E-state index contributed by atoms with van der Waals surface area (Å²) in [6.07, 6.45) is 2.50. The van der Waals surface area contributed by atoms with Gasteiger partial charge in [-0.1, -0.05) is 0 Å². The third kappa shape index (κ3) is 2.17. The number of esters is 1. The third-order valence-electron chi connectivity index (χ3n) is 2.84. The molecule has 0 aromatic heterocycles. The highest BCUT2D eigenvalue weighted by molar-refractivity contribution is 14.1. The number of carbonyl (C=O) groups is 1. The van der Waals surface area contributed by atoms with Crippen molar-refractivity contribution in [3.63, 3.8) is 0 Å². The molecule has 0 amide bonds. The molecule has 0 atom stereocenters. The Balaban J connectivity index is 2.49. The fourth-order valence-electron chi connectivity index (χ4n) is 1.84. The molecule has 15 heavy (non-hydrogen) atoms. The average molecular weight is 316 g/mol. The van der Waals surface area contributed by atoms with Crippen LogP contribution in [0.25, 0.3) is 0 Å².